The Hall–Kier alpha value is -2.55. The molecule has 0 aliphatic heterocycles. The van der Waals surface area contributed by atoms with E-state index in [0.29, 0.717) is 33.1 Å². The first-order valence-corrected chi connectivity index (χ1v) is 11.7. The van der Waals surface area contributed by atoms with E-state index in [0.717, 1.165) is 11.3 Å². The fourth-order valence-corrected chi connectivity index (χ4v) is 4.16. The minimum atomic E-state index is -0.403. The van der Waals surface area contributed by atoms with Gasteiger partial charge in [0.2, 0.25) is 5.91 Å². The molecule has 0 saturated carbocycles. The maximum Gasteiger partial charge on any atom is 0.251 e. The second-order valence-electron chi connectivity index (χ2n) is 7.12. The summed E-state index contributed by atoms with van der Waals surface area (Å²) in [6, 6.07) is 11.9. The highest BCUT2D eigenvalue weighted by molar-refractivity contribution is 7.99. The topological polar surface area (TPSA) is 88.9 Å². The summed E-state index contributed by atoms with van der Waals surface area (Å²) >= 11 is 13.2. The molecule has 0 spiro atoms. The highest BCUT2D eigenvalue weighted by atomic mass is 35.5. The van der Waals surface area contributed by atoms with Crippen molar-refractivity contribution in [3.05, 3.63) is 69.5 Å². The van der Waals surface area contributed by atoms with Crippen molar-refractivity contribution in [2.45, 2.75) is 38.5 Å². The third-order valence-electron chi connectivity index (χ3n) is 4.61. The first-order valence-electron chi connectivity index (χ1n) is 9.96. The molecule has 2 aromatic carbocycles. The molecule has 1 atom stereocenters. The van der Waals surface area contributed by atoms with E-state index in [4.69, 9.17) is 23.2 Å². The van der Waals surface area contributed by atoms with Gasteiger partial charge in [-0.2, -0.15) is 0 Å². The normalized spacial score (nSPS) is 11.8. The van der Waals surface area contributed by atoms with Crippen molar-refractivity contribution < 1.29 is 9.59 Å². The molecule has 0 radical (unpaired) electrons. The van der Waals surface area contributed by atoms with Crippen LogP contribution in [0, 0.1) is 6.92 Å². The zero-order valence-corrected chi connectivity index (χ0v) is 20.2. The summed E-state index contributed by atoms with van der Waals surface area (Å²) in [4.78, 5) is 24.9. The molecule has 3 aromatic rings. The monoisotopic (exact) mass is 491 g/mol. The van der Waals surface area contributed by atoms with E-state index in [1.807, 2.05) is 49.6 Å². The molecule has 2 N–H and O–H groups in total. The lowest BCUT2D eigenvalue weighted by Crippen LogP contribution is -2.28. The largest absolute Gasteiger partial charge is 0.342 e. The number of aromatic nitrogens is 3. The minimum absolute atomic E-state index is 0.131. The Morgan fingerprint density at radius 3 is 2.59 bits per heavy atom. The predicted molar refractivity (Wildman–Crippen MR) is 129 cm³/mol. The number of amides is 2. The summed E-state index contributed by atoms with van der Waals surface area (Å²) in [5, 5.41) is 15.5. The van der Waals surface area contributed by atoms with Crippen molar-refractivity contribution in [3.8, 4) is 0 Å². The van der Waals surface area contributed by atoms with Crippen LogP contribution in [-0.4, -0.2) is 32.3 Å². The van der Waals surface area contributed by atoms with Gasteiger partial charge in [-0.15, -0.1) is 10.2 Å². The lowest BCUT2D eigenvalue weighted by atomic mass is 10.2. The summed E-state index contributed by atoms with van der Waals surface area (Å²) in [5.41, 5.74) is 2.23. The van der Waals surface area contributed by atoms with Crippen molar-refractivity contribution in [3.63, 3.8) is 0 Å². The lowest BCUT2D eigenvalue weighted by molar-refractivity contribution is -0.113. The summed E-state index contributed by atoms with van der Waals surface area (Å²) in [7, 11) is 0. The van der Waals surface area contributed by atoms with Crippen LogP contribution in [0.15, 0.2) is 47.6 Å². The van der Waals surface area contributed by atoms with Gasteiger partial charge in [0.05, 0.1) is 21.8 Å². The number of nitrogens with zero attached hydrogens (tertiary/aromatic N) is 3. The second-order valence-corrected chi connectivity index (χ2v) is 8.87. The molecule has 3 rings (SSSR count). The molecule has 168 valence electrons. The van der Waals surface area contributed by atoms with Crippen LogP contribution in [0.5, 0.6) is 0 Å². The molecule has 0 fully saturated rings. The number of thioether (sulfide) groups is 1. The number of benzene rings is 2. The van der Waals surface area contributed by atoms with E-state index < -0.39 is 6.04 Å². The second kappa shape index (κ2) is 10.8. The zero-order valence-electron chi connectivity index (χ0n) is 17.9. The molecule has 2 amide bonds. The van der Waals surface area contributed by atoms with E-state index in [2.05, 4.69) is 20.8 Å². The van der Waals surface area contributed by atoms with Gasteiger partial charge in [-0.1, -0.05) is 47.1 Å². The number of carbonyl (C=O) groups is 2. The summed E-state index contributed by atoms with van der Waals surface area (Å²) < 4.78 is 1.88. The van der Waals surface area contributed by atoms with E-state index in [9.17, 15) is 9.59 Å². The van der Waals surface area contributed by atoms with Crippen LogP contribution in [0.2, 0.25) is 10.0 Å². The van der Waals surface area contributed by atoms with Crippen molar-refractivity contribution in [2.24, 2.45) is 0 Å². The van der Waals surface area contributed by atoms with Gasteiger partial charge >= 0.3 is 0 Å². The maximum absolute atomic E-state index is 12.6. The van der Waals surface area contributed by atoms with Crippen LogP contribution in [0.25, 0.3) is 0 Å². The van der Waals surface area contributed by atoms with Gasteiger partial charge in [0.1, 0.15) is 0 Å². The van der Waals surface area contributed by atoms with Gasteiger partial charge in [0.25, 0.3) is 5.91 Å². The zero-order chi connectivity index (χ0) is 23.3. The van der Waals surface area contributed by atoms with Crippen LogP contribution >= 0.6 is 35.0 Å². The Bertz CT molecular complexity index is 1140. The molecule has 1 aromatic heterocycles. The summed E-state index contributed by atoms with van der Waals surface area (Å²) in [6.45, 7) is 6.34. The Labute approximate surface area is 200 Å². The molecular formula is C22H23Cl2N5O2S. The number of anilines is 1. The fourth-order valence-electron chi connectivity index (χ4n) is 3.06. The van der Waals surface area contributed by atoms with Crippen molar-refractivity contribution >= 4 is 52.5 Å². The lowest BCUT2D eigenvalue weighted by Gasteiger charge is -2.15. The van der Waals surface area contributed by atoms with Crippen molar-refractivity contribution in [1.29, 1.82) is 0 Å². The number of hydrogen-bond donors (Lipinski definition) is 2. The molecule has 10 heteroatoms. The number of halogens is 2. The van der Waals surface area contributed by atoms with Gasteiger partial charge in [-0.25, -0.2) is 0 Å². The molecule has 32 heavy (non-hydrogen) atoms. The van der Waals surface area contributed by atoms with Gasteiger partial charge in [0, 0.05) is 17.8 Å². The molecule has 0 aliphatic rings. The Morgan fingerprint density at radius 2 is 1.91 bits per heavy atom. The Kier molecular flexibility index (Phi) is 8.17. The van der Waals surface area contributed by atoms with Gasteiger partial charge < -0.3 is 15.2 Å². The molecule has 1 heterocycles. The van der Waals surface area contributed by atoms with Gasteiger partial charge in [-0.05, 0) is 56.7 Å². The fraction of sp³-hybridized carbons (Fsp3) is 0.273. The average molecular weight is 492 g/mol. The van der Waals surface area contributed by atoms with E-state index >= 15 is 0 Å². The van der Waals surface area contributed by atoms with Crippen molar-refractivity contribution in [2.75, 3.05) is 11.1 Å². The Morgan fingerprint density at radius 1 is 1.12 bits per heavy atom. The quantitative estimate of drug-likeness (QED) is 0.426. The highest BCUT2D eigenvalue weighted by Crippen LogP contribution is 2.24. The SMILES string of the molecule is CCn1c(SCC(=O)Nc2cccc(C)c2)nnc1[C@H](C)NC(=O)c1ccc(Cl)c(Cl)c1. The summed E-state index contributed by atoms with van der Waals surface area (Å²) in [6.07, 6.45) is 0. The molecule has 0 bridgehead atoms. The van der Waals surface area contributed by atoms with E-state index in [1.54, 1.807) is 12.1 Å². The molecule has 0 saturated heterocycles. The smallest absolute Gasteiger partial charge is 0.251 e. The van der Waals surface area contributed by atoms with Gasteiger partial charge in [-0.3, -0.25) is 9.59 Å². The average Bonchev–Trinajstić information content (AvgIpc) is 3.17. The van der Waals surface area contributed by atoms with E-state index in [1.165, 1.54) is 17.8 Å². The highest BCUT2D eigenvalue weighted by Gasteiger charge is 2.20. The first kappa shape index (κ1) is 24.1. The van der Waals surface area contributed by atoms with Crippen LogP contribution in [0.1, 0.15) is 41.6 Å². The molecular weight excluding hydrogens is 469 g/mol. The van der Waals surface area contributed by atoms with Crippen LogP contribution in [0.3, 0.4) is 0 Å². The first-order chi connectivity index (χ1) is 15.3. The number of carbonyl (C=O) groups excluding carboxylic acids is 2. The number of aryl methyl sites for hydroxylation is 1. The van der Waals surface area contributed by atoms with Crippen LogP contribution in [-0.2, 0) is 11.3 Å². The standard InChI is InChI=1S/C22H23Cl2N5O2S/c1-4-29-20(14(3)25-21(31)15-8-9-17(23)18(24)11-15)27-28-22(29)32-12-19(30)26-16-7-5-6-13(2)10-16/h5-11,14H,4,12H2,1-3H3,(H,25,31)(H,26,30)/t14-/m0/s1. The van der Waals surface area contributed by atoms with Gasteiger partial charge in [0.15, 0.2) is 11.0 Å². The minimum Gasteiger partial charge on any atom is -0.342 e. The van der Waals surface area contributed by atoms with Crippen LogP contribution in [0.4, 0.5) is 5.69 Å². The van der Waals surface area contributed by atoms with Crippen LogP contribution < -0.4 is 10.6 Å². The summed E-state index contributed by atoms with van der Waals surface area (Å²) in [5.74, 6) is 0.362. The molecule has 0 aliphatic carbocycles. The third-order valence-corrected chi connectivity index (χ3v) is 6.32. The maximum atomic E-state index is 12.6. The number of nitrogens with one attached hydrogen (secondary N) is 2. The number of hydrogen-bond acceptors (Lipinski definition) is 5. The Balaban J connectivity index is 1.63. The number of rotatable bonds is 8. The van der Waals surface area contributed by atoms with Crippen molar-refractivity contribution in [1.82, 2.24) is 20.1 Å². The molecule has 0 unspecified atom stereocenters. The predicted octanol–water partition coefficient (Wildman–Crippen LogP) is 5.14. The molecule has 7 nitrogen and oxygen atoms in total. The van der Waals surface area contributed by atoms with E-state index in [-0.39, 0.29) is 17.6 Å². The third kappa shape index (κ3) is 6.03.